The summed E-state index contributed by atoms with van der Waals surface area (Å²) in [6, 6.07) is 10.5. The highest BCUT2D eigenvalue weighted by molar-refractivity contribution is 5.86. The summed E-state index contributed by atoms with van der Waals surface area (Å²) in [5.41, 5.74) is 0.399. The van der Waals surface area contributed by atoms with E-state index in [0.717, 1.165) is 63.7 Å². The van der Waals surface area contributed by atoms with Crippen LogP contribution in [0.2, 0.25) is 0 Å². The van der Waals surface area contributed by atoms with Gasteiger partial charge in [0.05, 0.1) is 11.5 Å². The monoisotopic (exact) mass is 439 g/mol. The molecule has 5 rings (SSSR count). The van der Waals surface area contributed by atoms with Crippen LogP contribution in [0.3, 0.4) is 0 Å². The third kappa shape index (κ3) is 4.06. The Hall–Kier alpha value is -2.67. The Kier molecular flexibility index (Phi) is 5.76. The van der Waals surface area contributed by atoms with Crippen LogP contribution in [-0.2, 0) is 4.79 Å². The van der Waals surface area contributed by atoms with Crippen LogP contribution in [-0.4, -0.2) is 52.7 Å². The molecule has 170 valence electrons. The second-order valence-electron chi connectivity index (χ2n) is 9.40. The third-order valence-electron chi connectivity index (χ3n) is 7.36. The number of anilines is 1. The van der Waals surface area contributed by atoms with Crippen molar-refractivity contribution in [1.29, 1.82) is 0 Å². The summed E-state index contributed by atoms with van der Waals surface area (Å²) in [6.45, 7) is 2.22. The van der Waals surface area contributed by atoms with Gasteiger partial charge < -0.3 is 19.6 Å². The fraction of sp³-hybridized carbons (Fsp3) is 0.520. The van der Waals surface area contributed by atoms with Crippen molar-refractivity contribution in [3.63, 3.8) is 0 Å². The summed E-state index contributed by atoms with van der Waals surface area (Å²) in [5.74, 6) is 0.303. The summed E-state index contributed by atoms with van der Waals surface area (Å²) >= 11 is 0. The zero-order valence-corrected chi connectivity index (χ0v) is 18.3. The normalized spacial score (nSPS) is 28.4. The lowest BCUT2D eigenvalue weighted by Crippen LogP contribution is -2.50. The molecule has 3 heterocycles. The van der Waals surface area contributed by atoms with Crippen LogP contribution in [0.25, 0.3) is 0 Å². The second-order valence-corrected chi connectivity index (χ2v) is 9.40. The fourth-order valence-corrected chi connectivity index (χ4v) is 5.59. The highest BCUT2D eigenvalue weighted by atomic mass is 19.1. The molecule has 1 aromatic carbocycles. The Balaban J connectivity index is 1.29. The molecule has 1 aromatic heterocycles. The van der Waals surface area contributed by atoms with E-state index in [-0.39, 0.29) is 29.2 Å². The van der Waals surface area contributed by atoms with E-state index in [1.807, 2.05) is 6.07 Å². The fourth-order valence-electron chi connectivity index (χ4n) is 5.59. The number of piperidine rings is 1. The Morgan fingerprint density at radius 1 is 1.09 bits per heavy atom. The first-order chi connectivity index (χ1) is 15.5. The topological polar surface area (TPSA) is 65.9 Å². The first-order valence-corrected chi connectivity index (χ1v) is 11.7. The maximum Gasteiger partial charge on any atom is 0.230 e. The van der Waals surface area contributed by atoms with Crippen molar-refractivity contribution < 1.29 is 19.0 Å². The van der Waals surface area contributed by atoms with E-state index < -0.39 is 5.82 Å². The van der Waals surface area contributed by atoms with Gasteiger partial charge in [-0.2, -0.15) is 0 Å². The van der Waals surface area contributed by atoms with Crippen molar-refractivity contribution in [3.8, 4) is 11.6 Å². The Morgan fingerprint density at radius 3 is 2.69 bits per heavy atom. The van der Waals surface area contributed by atoms with Gasteiger partial charge in [0, 0.05) is 49.7 Å². The lowest BCUT2D eigenvalue weighted by molar-refractivity contribution is -0.139. The quantitative estimate of drug-likeness (QED) is 0.776. The molecule has 0 bridgehead atoms. The van der Waals surface area contributed by atoms with Crippen molar-refractivity contribution in [3.05, 3.63) is 48.4 Å². The molecule has 3 aliphatic rings. The van der Waals surface area contributed by atoms with E-state index in [0.29, 0.717) is 12.4 Å². The first kappa shape index (κ1) is 21.2. The summed E-state index contributed by atoms with van der Waals surface area (Å²) in [5, 5.41) is 9.81. The number of nitrogens with zero attached hydrogens (tertiary/aromatic N) is 3. The number of carbonyl (C=O) groups excluding carboxylic acids is 1. The number of halogens is 1. The van der Waals surface area contributed by atoms with Crippen LogP contribution in [0.15, 0.2) is 42.6 Å². The van der Waals surface area contributed by atoms with Crippen LogP contribution in [0.4, 0.5) is 10.1 Å². The van der Waals surface area contributed by atoms with Crippen molar-refractivity contribution in [2.75, 3.05) is 24.5 Å². The summed E-state index contributed by atoms with van der Waals surface area (Å²) < 4.78 is 20.4. The average Bonchev–Trinajstić information content (AvgIpc) is 3.12. The molecular formula is C25H30FN3O3. The lowest BCUT2D eigenvalue weighted by Gasteiger charge is -2.41. The number of hydrogen-bond donors (Lipinski definition) is 1. The van der Waals surface area contributed by atoms with Gasteiger partial charge in [0.15, 0.2) is 11.6 Å². The molecule has 32 heavy (non-hydrogen) atoms. The predicted octanol–water partition coefficient (Wildman–Crippen LogP) is 4.14. The minimum Gasteiger partial charge on any atom is -0.436 e. The molecule has 7 heteroatoms. The standard InChI is InChI=1S/C25H30FN3O3/c26-21-16-19(7-10-22(21)32-23-4-1-2-13-27-23)28-14-3-11-25(17-28)12-15-29(24(25)31)18-5-8-20(30)9-6-18/h1-2,4,7,10,13,16,18,20,30H,3,5-6,8-9,11-12,14-15,17H2/t18?,20?,25-/m0/s1. The first-order valence-electron chi connectivity index (χ1n) is 11.7. The van der Waals surface area contributed by atoms with Gasteiger partial charge >= 0.3 is 0 Å². The summed E-state index contributed by atoms with van der Waals surface area (Å²) in [7, 11) is 0. The van der Waals surface area contributed by atoms with Crippen LogP contribution in [0, 0.1) is 11.2 Å². The summed E-state index contributed by atoms with van der Waals surface area (Å²) in [6.07, 6.45) is 7.36. The van der Waals surface area contributed by atoms with Gasteiger partial charge in [0.1, 0.15) is 0 Å². The molecule has 1 aliphatic carbocycles. The molecule has 0 radical (unpaired) electrons. The van der Waals surface area contributed by atoms with E-state index in [9.17, 15) is 14.3 Å². The van der Waals surface area contributed by atoms with E-state index in [1.54, 1.807) is 30.5 Å². The molecular weight excluding hydrogens is 409 g/mol. The van der Waals surface area contributed by atoms with Gasteiger partial charge in [0.25, 0.3) is 0 Å². The molecule has 0 unspecified atom stereocenters. The smallest absolute Gasteiger partial charge is 0.230 e. The van der Waals surface area contributed by atoms with Gasteiger partial charge in [0.2, 0.25) is 11.8 Å². The zero-order valence-electron chi connectivity index (χ0n) is 18.3. The van der Waals surface area contributed by atoms with Crippen LogP contribution in [0.1, 0.15) is 44.9 Å². The van der Waals surface area contributed by atoms with Gasteiger partial charge in [-0.05, 0) is 63.1 Å². The highest BCUT2D eigenvalue weighted by Crippen LogP contribution is 2.43. The van der Waals surface area contributed by atoms with Crippen LogP contribution < -0.4 is 9.64 Å². The molecule has 1 N–H and O–H groups in total. The van der Waals surface area contributed by atoms with Crippen molar-refractivity contribution in [1.82, 2.24) is 9.88 Å². The number of rotatable bonds is 4. The second kappa shape index (κ2) is 8.70. The number of aromatic nitrogens is 1. The predicted molar refractivity (Wildman–Crippen MR) is 119 cm³/mol. The van der Waals surface area contributed by atoms with Crippen molar-refractivity contribution in [2.24, 2.45) is 5.41 Å². The molecule has 2 aliphatic heterocycles. The number of hydrogen-bond acceptors (Lipinski definition) is 5. The van der Waals surface area contributed by atoms with E-state index in [1.165, 1.54) is 6.07 Å². The van der Waals surface area contributed by atoms with Crippen molar-refractivity contribution >= 4 is 11.6 Å². The number of carbonyl (C=O) groups is 1. The largest absolute Gasteiger partial charge is 0.436 e. The lowest BCUT2D eigenvalue weighted by atomic mass is 9.78. The Labute approximate surface area is 188 Å². The van der Waals surface area contributed by atoms with E-state index in [4.69, 9.17) is 4.74 Å². The molecule has 2 saturated heterocycles. The zero-order chi connectivity index (χ0) is 22.1. The molecule has 1 amide bonds. The molecule has 2 aromatic rings. The summed E-state index contributed by atoms with van der Waals surface area (Å²) in [4.78, 5) is 21.8. The SMILES string of the molecule is O=C1N(C2CCC(O)CC2)CC[C@]12CCCN(c1ccc(Oc3ccccn3)c(F)c1)C2. The number of aliphatic hydroxyl groups excluding tert-OH is 1. The van der Waals surface area contributed by atoms with Gasteiger partial charge in [-0.15, -0.1) is 0 Å². The molecule has 1 atom stereocenters. The third-order valence-corrected chi connectivity index (χ3v) is 7.36. The van der Waals surface area contributed by atoms with E-state index >= 15 is 0 Å². The molecule has 6 nitrogen and oxygen atoms in total. The number of pyridine rings is 1. The van der Waals surface area contributed by atoms with Crippen molar-refractivity contribution in [2.45, 2.75) is 57.1 Å². The maximum atomic E-state index is 14.8. The molecule has 1 saturated carbocycles. The minimum atomic E-state index is -0.437. The Morgan fingerprint density at radius 2 is 1.94 bits per heavy atom. The molecule has 1 spiro atoms. The number of benzene rings is 1. The highest BCUT2D eigenvalue weighted by Gasteiger charge is 2.50. The van der Waals surface area contributed by atoms with Crippen LogP contribution in [0.5, 0.6) is 11.6 Å². The molecule has 3 fully saturated rings. The van der Waals surface area contributed by atoms with Gasteiger partial charge in [-0.1, -0.05) is 6.07 Å². The average molecular weight is 440 g/mol. The number of likely N-dealkylation sites (tertiary alicyclic amines) is 1. The maximum absolute atomic E-state index is 14.8. The number of aliphatic hydroxyl groups is 1. The van der Waals surface area contributed by atoms with E-state index in [2.05, 4.69) is 14.8 Å². The Bertz CT molecular complexity index is 964. The number of amides is 1. The van der Waals surface area contributed by atoms with Gasteiger partial charge in [-0.3, -0.25) is 4.79 Å². The van der Waals surface area contributed by atoms with Crippen LogP contribution >= 0.6 is 0 Å². The number of ether oxygens (including phenoxy) is 1. The van der Waals surface area contributed by atoms with Gasteiger partial charge in [-0.25, -0.2) is 9.37 Å². The minimum absolute atomic E-state index is 0.141.